The first-order valence-electron chi connectivity index (χ1n) is 14.2. The summed E-state index contributed by atoms with van der Waals surface area (Å²) in [7, 11) is 0. The van der Waals surface area contributed by atoms with Gasteiger partial charge in [0.2, 0.25) is 11.8 Å². The second-order valence-electron chi connectivity index (χ2n) is 9.89. The summed E-state index contributed by atoms with van der Waals surface area (Å²) in [4.78, 5) is 50.8. The molecule has 4 N–H and O–H groups in total. The topological polar surface area (TPSA) is 151 Å². The SMILES string of the molecule is CCCCCC/C=C/C[C@@H]1CC(=O)N[C@@H](CO)C(=O)O[C@H](CCCCCCC)CC(=O)N[C@@H](CO)C(=O)O1. The highest BCUT2D eigenvalue weighted by Gasteiger charge is 2.31. The molecule has 0 radical (unpaired) electrons. The summed E-state index contributed by atoms with van der Waals surface area (Å²) >= 11 is 0. The van der Waals surface area contributed by atoms with E-state index in [0.717, 1.165) is 64.2 Å². The number of esters is 2. The molecule has 0 aromatic rings. The van der Waals surface area contributed by atoms with Gasteiger partial charge in [0.1, 0.15) is 12.2 Å². The van der Waals surface area contributed by atoms with E-state index in [9.17, 15) is 29.4 Å². The monoisotopic (exact) mass is 540 g/mol. The third kappa shape index (κ3) is 14.5. The van der Waals surface area contributed by atoms with Crippen LogP contribution in [0.5, 0.6) is 0 Å². The average molecular weight is 541 g/mol. The lowest BCUT2D eigenvalue weighted by atomic mass is 10.1. The van der Waals surface area contributed by atoms with Crippen molar-refractivity contribution in [3.63, 3.8) is 0 Å². The van der Waals surface area contributed by atoms with E-state index in [1.807, 2.05) is 12.2 Å². The number of hydrogen-bond donors (Lipinski definition) is 4. The summed E-state index contributed by atoms with van der Waals surface area (Å²) in [5.74, 6) is -2.84. The molecule has 0 unspecified atom stereocenters. The molecule has 4 atom stereocenters. The smallest absolute Gasteiger partial charge is 0.331 e. The van der Waals surface area contributed by atoms with Crippen LogP contribution in [0.2, 0.25) is 0 Å². The van der Waals surface area contributed by atoms with Crippen LogP contribution in [-0.2, 0) is 28.7 Å². The second kappa shape index (κ2) is 20.5. The van der Waals surface area contributed by atoms with Crippen molar-refractivity contribution in [1.29, 1.82) is 0 Å². The number of aliphatic hydroxyl groups excluding tert-OH is 2. The van der Waals surface area contributed by atoms with Crippen molar-refractivity contribution in [2.75, 3.05) is 13.2 Å². The van der Waals surface area contributed by atoms with Gasteiger partial charge in [0.25, 0.3) is 0 Å². The van der Waals surface area contributed by atoms with Crippen molar-refractivity contribution in [3.8, 4) is 0 Å². The molecule has 2 amide bonds. The molecule has 218 valence electrons. The van der Waals surface area contributed by atoms with Crippen LogP contribution in [0, 0.1) is 0 Å². The Bertz CT molecular complexity index is 742. The normalized spacial score (nSPS) is 23.9. The highest BCUT2D eigenvalue weighted by molar-refractivity contribution is 5.87. The predicted octanol–water partition coefficient (Wildman–Crippen LogP) is 2.84. The minimum Gasteiger partial charge on any atom is -0.460 e. The van der Waals surface area contributed by atoms with E-state index < -0.39 is 61.3 Å². The van der Waals surface area contributed by atoms with Crippen LogP contribution in [0.3, 0.4) is 0 Å². The number of aliphatic hydroxyl groups is 2. The first kappa shape index (κ1) is 33.6. The standard InChI is InChI=1S/C28H48N2O8/c1-3-5-7-9-10-12-14-16-22-18-26(34)30-23(19-31)27(35)37-21(15-13-11-8-6-4-2)17-25(33)29-24(20-32)28(36)38-22/h12,14,21-24,31-32H,3-11,13,15-20H2,1-2H3,(H,29,33)(H,30,34)/b14-12+/t21-,22-,23+,24+/m1/s1. The Morgan fingerprint density at radius 3 is 1.76 bits per heavy atom. The lowest BCUT2D eigenvalue weighted by Gasteiger charge is -2.25. The number of carbonyl (C=O) groups is 4. The lowest BCUT2D eigenvalue weighted by Crippen LogP contribution is -2.49. The molecule has 1 aliphatic heterocycles. The van der Waals surface area contributed by atoms with Gasteiger partial charge < -0.3 is 30.3 Å². The molecule has 0 spiro atoms. The van der Waals surface area contributed by atoms with Crippen molar-refractivity contribution < 1.29 is 38.9 Å². The predicted molar refractivity (Wildman–Crippen MR) is 143 cm³/mol. The number of allylic oxidation sites excluding steroid dienone is 1. The fourth-order valence-corrected chi connectivity index (χ4v) is 4.18. The average Bonchev–Trinajstić information content (AvgIpc) is 2.88. The number of carbonyl (C=O) groups excluding carboxylic acids is 4. The molecule has 1 rings (SSSR count). The number of nitrogens with one attached hydrogen (secondary N) is 2. The third-order valence-electron chi connectivity index (χ3n) is 6.42. The van der Waals surface area contributed by atoms with Crippen LogP contribution in [0.1, 0.15) is 104 Å². The summed E-state index contributed by atoms with van der Waals surface area (Å²) in [6.45, 7) is 2.89. The van der Waals surface area contributed by atoms with E-state index in [1.165, 1.54) is 0 Å². The van der Waals surface area contributed by atoms with E-state index in [0.29, 0.717) is 6.42 Å². The van der Waals surface area contributed by atoms with Crippen LogP contribution >= 0.6 is 0 Å². The van der Waals surface area contributed by atoms with Gasteiger partial charge in [-0.15, -0.1) is 0 Å². The minimum absolute atomic E-state index is 0.223. The summed E-state index contributed by atoms with van der Waals surface area (Å²) in [5, 5.41) is 24.3. The Morgan fingerprint density at radius 1 is 0.711 bits per heavy atom. The van der Waals surface area contributed by atoms with E-state index >= 15 is 0 Å². The first-order chi connectivity index (χ1) is 18.3. The molecule has 0 aliphatic carbocycles. The summed E-state index contributed by atoms with van der Waals surface area (Å²) in [5.41, 5.74) is 0. The number of ether oxygens (including phenoxy) is 2. The molecule has 1 heterocycles. The highest BCUT2D eigenvalue weighted by Crippen LogP contribution is 2.15. The third-order valence-corrected chi connectivity index (χ3v) is 6.42. The molecule has 10 heteroatoms. The fourth-order valence-electron chi connectivity index (χ4n) is 4.18. The van der Waals surface area contributed by atoms with Gasteiger partial charge in [-0.05, 0) is 25.7 Å². The highest BCUT2D eigenvalue weighted by atomic mass is 16.6. The summed E-state index contributed by atoms with van der Waals surface area (Å²) < 4.78 is 11.0. The zero-order valence-corrected chi connectivity index (χ0v) is 23.1. The van der Waals surface area contributed by atoms with E-state index in [-0.39, 0.29) is 19.3 Å². The molecule has 1 fully saturated rings. The number of rotatable bonds is 15. The Morgan fingerprint density at radius 2 is 1.21 bits per heavy atom. The lowest BCUT2D eigenvalue weighted by molar-refractivity contribution is -0.160. The van der Waals surface area contributed by atoms with Crippen LogP contribution in [0.15, 0.2) is 12.2 Å². The van der Waals surface area contributed by atoms with Crippen molar-refractivity contribution in [3.05, 3.63) is 12.2 Å². The molecule has 0 bridgehead atoms. The largest absolute Gasteiger partial charge is 0.460 e. The molecule has 1 saturated heterocycles. The van der Waals surface area contributed by atoms with Crippen LogP contribution in [0.25, 0.3) is 0 Å². The minimum atomic E-state index is -1.31. The van der Waals surface area contributed by atoms with Gasteiger partial charge in [0.05, 0.1) is 26.1 Å². The quantitative estimate of drug-likeness (QED) is 0.141. The van der Waals surface area contributed by atoms with Gasteiger partial charge in [0, 0.05) is 6.42 Å². The number of cyclic esters (lactones) is 2. The Balaban J connectivity index is 2.95. The van der Waals surface area contributed by atoms with E-state index in [1.54, 1.807) is 0 Å². The van der Waals surface area contributed by atoms with E-state index in [4.69, 9.17) is 9.47 Å². The second-order valence-corrected chi connectivity index (χ2v) is 9.89. The van der Waals surface area contributed by atoms with Crippen molar-refractivity contribution in [2.24, 2.45) is 0 Å². The molecule has 10 nitrogen and oxygen atoms in total. The number of amides is 2. The first-order valence-corrected chi connectivity index (χ1v) is 14.2. The molecule has 0 aromatic heterocycles. The molecule has 1 aliphatic rings. The number of unbranched alkanes of at least 4 members (excludes halogenated alkanes) is 8. The molecular weight excluding hydrogens is 492 g/mol. The van der Waals surface area contributed by atoms with Crippen LogP contribution in [0.4, 0.5) is 0 Å². The molecular formula is C28H48N2O8. The van der Waals surface area contributed by atoms with Gasteiger partial charge in [-0.3, -0.25) is 9.59 Å². The van der Waals surface area contributed by atoms with Crippen LogP contribution in [-0.4, -0.2) is 71.5 Å². The Kier molecular flexibility index (Phi) is 18.1. The van der Waals surface area contributed by atoms with Gasteiger partial charge in [-0.25, -0.2) is 9.59 Å². The number of hydrogen-bond acceptors (Lipinski definition) is 8. The zero-order valence-electron chi connectivity index (χ0n) is 23.1. The van der Waals surface area contributed by atoms with Gasteiger partial charge >= 0.3 is 11.9 Å². The van der Waals surface area contributed by atoms with Crippen molar-refractivity contribution >= 4 is 23.8 Å². The Labute approximate surface area is 226 Å². The Hall–Kier alpha value is -2.46. The van der Waals surface area contributed by atoms with Crippen molar-refractivity contribution in [2.45, 2.75) is 128 Å². The zero-order chi connectivity index (χ0) is 28.2. The summed E-state index contributed by atoms with van der Waals surface area (Å²) in [6, 6.07) is -2.60. The van der Waals surface area contributed by atoms with Gasteiger partial charge in [0.15, 0.2) is 12.1 Å². The van der Waals surface area contributed by atoms with Gasteiger partial charge in [-0.1, -0.05) is 70.9 Å². The maximum atomic E-state index is 12.7. The maximum absolute atomic E-state index is 12.7. The van der Waals surface area contributed by atoms with Crippen molar-refractivity contribution in [1.82, 2.24) is 10.6 Å². The fraction of sp³-hybridized carbons (Fsp3) is 0.786. The van der Waals surface area contributed by atoms with Gasteiger partial charge in [-0.2, -0.15) is 0 Å². The summed E-state index contributed by atoms with van der Waals surface area (Å²) in [6.07, 6.45) is 12.4. The van der Waals surface area contributed by atoms with Crippen LogP contribution < -0.4 is 10.6 Å². The molecule has 0 saturated carbocycles. The van der Waals surface area contributed by atoms with E-state index in [2.05, 4.69) is 24.5 Å². The molecule has 0 aromatic carbocycles. The maximum Gasteiger partial charge on any atom is 0.331 e. The molecule has 38 heavy (non-hydrogen) atoms.